The van der Waals surface area contributed by atoms with E-state index >= 15 is 0 Å². The molecule has 3 nitrogen and oxygen atoms in total. The summed E-state index contributed by atoms with van der Waals surface area (Å²) in [5, 5.41) is 11.9. The zero-order valence-electron chi connectivity index (χ0n) is 9.73. The van der Waals surface area contributed by atoms with Crippen LogP contribution >= 0.6 is 0 Å². The fraction of sp³-hybridized carbons (Fsp3) is 0.357. The van der Waals surface area contributed by atoms with E-state index in [-0.39, 0.29) is 0 Å². The predicted octanol–water partition coefficient (Wildman–Crippen LogP) is 2.25. The fourth-order valence-electron chi connectivity index (χ4n) is 2.20. The molecule has 1 heterocycles. The van der Waals surface area contributed by atoms with Gasteiger partial charge in [-0.15, -0.1) is 0 Å². The zero-order chi connectivity index (χ0) is 12.1. The van der Waals surface area contributed by atoms with Gasteiger partial charge in [0.25, 0.3) is 0 Å². The number of aliphatic carboxylic acids is 1. The molecule has 1 aliphatic rings. The van der Waals surface area contributed by atoms with Gasteiger partial charge < -0.3 is 10.4 Å². The van der Waals surface area contributed by atoms with Crippen molar-refractivity contribution in [2.75, 3.05) is 13.1 Å². The minimum absolute atomic E-state index is 0.647. The first-order valence-electron chi connectivity index (χ1n) is 5.97. The van der Waals surface area contributed by atoms with Crippen molar-refractivity contribution in [3.8, 4) is 0 Å². The maximum absolute atomic E-state index is 10.4. The summed E-state index contributed by atoms with van der Waals surface area (Å²) >= 11 is 0. The molecule has 0 atom stereocenters. The van der Waals surface area contributed by atoms with E-state index in [1.807, 2.05) is 12.1 Å². The lowest BCUT2D eigenvalue weighted by molar-refractivity contribution is -0.131. The molecule has 2 N–H and O–H groups in total. The van der Waals surface area contributed by atoms with Crippen LogP contribution in [0.4, 0.5) is 0 Å². The van der Waals surface area contributed by atoms with Gasteiger partial charge in [-0.05, 0) is 49.1 Å². The van der Waals surface area contributed by atoms with Gasteiger partial charge in [-0.3, -0.25) is 0 Å². The average molecular weight is 231 g/mol. The Balaban J connectivity index is 2.04. The number of carboxylic acids is 1. The van der Waals surface area contributed by atoms with Crippen LogP contribution in [0.5, 0.6) is 0 Å². The van der Waals surface area contributed by atoms with Gasteiger partial charge in [0.15, 0.2) is 0 Å². The summed E-state index contributed by atoms with van der Waals surface area (Å²) in [5.74, 6) is -0.263. The minimum atomic E-state index is -0.910. The number of piperidine rings is 1. The Morgan fingerprint density at radius 3 is 2.47 bits per heavy atom. The number of carboxylic acid groups (broad SMARTS) is 1. The first kappa shape index (κ1) is 11.9. The van der Waals surface area contributed by atoms with E-state index in [2.05, 4.69) is 17.4 Å². The number of hydrogen-bond donors (Lipinski definition) is 2. The van der Waals surface area contributed by atoms with Gasteiger partial charge in [-0.2, -0.15) is 0 Å². The first-order chi connectivity index (χ1) is 8.25. The van der Waals surface area contributed by atoms with E-state index in [0.29, 0.717) is 5.92 Å². The second kappa shape index (κ2) is 5.64. The molecule has 1 fully saturated rings. The highest BCUT2D eigenvalue weighted by Gasteiger charge is 2.14. The molecule has 90 valence electrons. The van der Waals surface area contributed by atoms with Gasteiger partial charge in [-0.25, -0.2) is 4.79 Å². The molecular weight excluding hydrogens is 214 g/mol. The van der Waals surface area contributed by atoms with Crippen LogP contribution in [-0.2, 0) is 4.79 Å². The number of nitrogens with one attached hydrogen (secondary N) is 1. The van der Waals surface area contributed by atoms with E-state index in [1.54, 1.807) is 6.08 Å². The molecule has 1 aliphatic heterocycles. The molecule has 0 saturated carbocycles. The third-order valence-corrected chi connectivity index (χ3v) is 3.17. The molecule has 2 rings (SSSR count). The van der Waals surface area contributed by atoms with Crippen LogP contribution in [0.2, 0.25) is 0 Å². The van der Waals surface area contributed by atoms with Crippen molar-refractivity contribution in [3.05, 3.63) is 41.5 Å². The second-order valence-electron chi connectivity index (χ2n) is 4.36. The van der Waals surface area contributed by atoms with Crippen molar-refractivity contribution in [1.82, 2.24) is 5.32 Å². The van der Waals surface area contributed by atoms with E-state index < -0.39 is 5.97 Å². The average Bonchev–Trinajstić information content (AvgIpc) is 2.38. The smallest absolute Gasteiger partial charge is 0.328 e. The maximum Gasteiger partial charge on any atom is 0.328 e. The van der Waals surface area contributed by atoms with Crippen LogP contribution in [0.3, 0.4) is 0 Å². The normalized spacial score (nSPS) is 17.4. The highest BCUT2D eigenvalue weighted by Crippen LogP contribution is 2.25. The molecule has 1 aromatic carbocycles. The predicted molar refractivity (Wildman–Crippen MR) is 68.0 cm³/mol. The Kier molecular flexibility index (Phi) is 3.94. The third-order valence-electron chi connectivity index (χ3n) is 3.17. The van der Waals surface area contributed by atoms with Crippen molar-refractivity contribution in [1.29, 1.82) is 0 Å². The monoisotopic (exact) mass is 231 g/mol. The highest BCUT2D eigenvalue weighted by atomic mass is 16.4. The van der Waals surface area contributed by atoms with Gasteiger partial charge in [-0.1, -0.05) is 24.3 Å². The first-order valence-corrected chi connectivity index (χ1v) is 5.97. The maximum atomic E-state index is 10.4. The lowest BCUT2D eigenvalue weighted by Crippen LogP contribution is -2.26. The van der Waals surface area contributed by atoms with Crippen molar-refractivity contribution in [2.24, 2.45) is 0 Å². The van der Waals surface area contributed by atoms with Crippen LogP contribution in [0.25, 0.3) is 6.08 Å². The van der Waals surface area contributed by atoms with Crippen molar-refractivity contribution < 1.29 is 9.90 Å². The van der Waals surface area contributed by atoms with E-state index in [0.717, 1.165) is 18.7 Å². The number of benzene rings is 1. The molecule has 0 aliphatic carbocycles. The molecule has 17 heavy (non-hydrogen) atoms. The van der Waals surface area contributed by atoms with Crippen molar-refractivity contribution in [3.63, 3.8) is 0 Å². The lowest BCUT2D eigenvalue weighted by atomic mass is 9.90. The fourth-order valence-corrected chi connectivity index (χ4v) is 2.20. The molecule has 0 radical (unpaired) electrons. The Labute approximate surface area is 101 Å². The van der Waals surface area contributed by atoms with Gasteiger partial charge in [0.1, 0.15) is 0 Å². The summed E-state index contributed by atoms with van der Waals surface area (Å²) in [5.41, 5.74) is 2.30. The number of rotatable bonds is 3. The summed E-state index contributed by atoms with van der Waals surface area (Å²) in [6.45, 7) is 2.18. The minimum Gasteiger partial charge on any atom is -0.478 e. The molecule has 1 aromatic rings. The van der Waals surface area contributed by atoms with Crippen LogP contribution in [0, 0.1) is 0 Å². The van der Waals surface area contributed by atoms with E-state index in [9.17, 15) is 4.79 Å². The molecule has 0 spiro atoms. The van der Waals surface area contributed by atoms with Crippen LogP contribution in [0.1, 0.15) is 29.9 Å². The zero-order valence-corrected chi connectivity index (χ0v) is 9.73. The molecule has 0 aromatic heterocycles. The summed E-state index contributed by atoms with van der Waals surface area (Å²) < 4.78 is 0. The number of hydrogen-bond acceptors (Lipinski definition) is 2. The molecule has 3 heteroatoms. The van der Waals surface area contributed by atoms with Crippen LogP contribution < -0.4 is 5.32 Å². The van der Waals surface area contributed by atoms with Gasteiger partial charge in [0, 0.05) is 6.08 Å². The third kappa shape index (κ3) is 3.43. The Morgan fingerprint density at radius 1 is 1.24 bits per heavy atom. The van der Waals surface area contributed by atoms with Gasteiger partial charge in [0.05, 0.1) is 0 Å². The second-order valence-corrected chi connectivity index (χ2v) is 4.36. The molecule has 1 saturated heterocycles. The standard InChI is InChI=1S/C14H17NO2/c16-14(17)6-3-11-1-4-12(5-2-11)13-7-9-15-10-8-13/h1-6,13,15H,7-10H2,(H,16,17). The van der Waals surface area contributed by atoms with Crippen LogP contribution in [0.15, 0.2) is 30.3 Å². The van der Waals surface area contributed by atoms with Crippen molar-refractivity contribution >= 4 is 12.0 Å². The van der Waals surface area contributed by atoms with Crippen molar-refractivity contribution in [2.45, 2.75) is 18.8 Å². The van der Waals surface area contributed by atoms with E-state index in [1.165, 1.54) is 24.5 Å². The van der Waals surface area contributed by atoms with Gasteiger partial charge in [0.2, 0.25) is 0 Å². The largest absolute Gasteiger partial charge is 0.478 e. The summed E-state index contributed by atoms with van der Waals surface area (Å²) in [7, 11) is 0. The number of carbonyl (C=O) groups is 1. The SMILES string of the molecule is O=C(O)C=Cc1ccc(C2CCNCC2)cc1. The summed E-state index contributed by atoms with van der Waals surface area (Å²) in [6, 6.07) is 8.18. The Bertz CT molecular complexity index is 403. The quantitative estimate of drug-likeness (QED) is 0.784. The lowest BCUT2D eigenvalue weighted by Gasteiger charge is -2.22. The summed E-state index contributed by atoms with van der Waals surface area (Å²) in [6.07, 6.45) is 5.16. The van der Waals surface area contributed by atoms with Crippen LogP contribution in [-0.4, -0.2) is 24.2 Å². The molecule has 0 amide bonds. The molecule has 0 unspecified atom stereocenters. The molecule has 0 bridgehead atoms. The topological polar surface area (TPSA) is 49.3 Å². The van der Waals surface area contributed by atoms with E-state index in [4.69, 9.17) is 5.11 Å². The Morgan fingerprint density at radius 2 is 1.88 bits per heavy atom. The molecular formula is C14H17NO2. The highest BCUT2D eigenvalue weighted by molar-refractivity contribution is 5.85. The summed E-state index contributed by atoms with van der Waals surface area (Å²) in [4.78, 5) is 10.4. The Hall–Kier alpha value is -1.61. The van der Waals surface area contributed by atoms with Gasteiger partial charge >= 0.3 is 5.97 Å².